The van der Waals surface area contributed by atoms with Crippen LogP contribution in [0.2, 0.25) is 43.3 Å². The molecule has 0 radical (unpaired) electrons. The summed E-state index contributed by atoms with van der Waals surface area (Å²) in [4.78, 5) is 0. The van der Waals surface area contributed by atoms with Crippen molar-refractivity contribution in [2.24, 2.45) is 0 Å². The maximum atomic E-state index is 10.7. The Bertz CT molecular complexity index is 371. The smallest absolute Gasteiger partial charge is 0.250 e. The summed E-state index contributed by atoms with van der Waals surface area (Å²) in [5.41, 5.74) is -0.331. The zero-order valence-corrected chi connectivity index (χ0v) is 16.2. The van der Waals surface area contributed by atoms with Crippen molar-refractivity contribution in [3.05, 3.63) is 11.8 Å². The molecule has 0 amide bonds. The van der Waals surface area contributed by atoms with Gasteiger partial charge in [-0.1, -0.05) is 40.4 Å². The zero-order valence-electron chi connectivity index (χ0n) is 14.2. The molecule has 19 heavy (non-hydrogen) atoms. The SMILES string of the molecule is CC(C)(C)[Si](C)(C)OC1=C[C@@H]([Si](C)(C)C)[C@](C)(O)C1. The van der Waals surface area contributed by atoms with E-state index in [1.807, 2.05) is 6.92 Å². The van der Waals surface area contributed by atoms with Gasteiger partial charge in [0.1, 0.15) is 0 Å². The molecule has 0 fully saturated rings. The van der Waals surface area contributed by atoms with Gasteiger partial charge >= 0.3 is 0 Å². The molecule has 4 heteroatoms. The van der Waals surface area contributed by atoms with Crippen LogP contribution in [0.15, 0.2) is 11.8 Å². The monoisotopic (exact) mass is 300 g/mol. The predicted octanol–water partition coefficient (Wildman–Crippen LogP) is 4.76. The van der Waals surface area contributed by atoms with E-state index in [1.165, 1.54) is 0 Å². The van der Waals surface area contributed by atoms with Gasteiger partial charge in [0.25, 0.3) is 0 Å². The van der Waals surface area contributed by atoms with E-state index in [-0.39, 0.29) is 5.04 Å². The van der Waals surface area contributed by atoms with Crippen LogP contribution in [-0.4, -0.2) is 27.1 Å². The highest BCUT2D eigenvalue weighted by Crippen LogP contribution is 2.47. The summed E-state index contributed by atoms with van der Waals surface area (Å²) in [6.45, 7) is 20.2. The quantitative estimate of drug-likeness (QED) is 0.762. The molecule has 2 nitrogen and oxygen atoms in total. The fraction of sp³-hybridized carbons (Fsp3) is 0.867. The van der Waals surface area contributed by atoms with Gasteiger partial charge in [0.2, 0.25) is 8.32 Å². The standard InChI is InChI=1S/C15H32O2Si2/c1-14(2,3)19(8,9)17-12-10-13(18(5,6)7)15(4,16)11-12/h10,13,16H,11H2,1-9H3/t13-,15-/m1/s1. The van der Waals surface area contributed by atoms with Crippen molar-refractivity contribution in [2.75, 3.05) is 0 Å². The zero-order chi connectivity index (χ0) is 15.3. The number of hydrogen-bond donors (Lipinski definition) is 1. The van der Waals surface area contributed by atoms with Crippen molar-refractivity contribution in [1.82, 2.24) is 0 Å². The van der Waals surface area contributed by atoms with Crippen molar-refractivity contribution < 1.29 is 9.53 Å². The first-order chi connectivity index (χ1) is 8.17. The van der Waals surface area contributed by atoms with Crippen molar-refractivity contribution in [1.29, 1.82) is 0 Å². The third-order valence-electron chi connectivity index (χ3n) is 4.68. The normalized spacial score (nSPS) is 29.4. The molecule has 0 saturated carbocycles. The minimum atomic E-state index is -1.79. The molecule has 1 N–H and O–H groups in total. The Morgan fingerprint density at radius 2 is 1.68 bits per heavy atom. The van der Waals surface area contributed by atoms with Gasteiger partial charge in [0.05, 0.1) is 19.4 Å². The molecule has 0 aromatic heterocycles. The molecule has 0 aliphatic heterocycles. The van der Waals surface area contributed by atoms with E-state index in [9.17, 15) is 5.11 Å². The van der Waals surface area contributed by atoms with Crippen molar-refractivity contribution in [3.63, 3.8) is 0 Å². The lowest BCUT2D eigenvalue weighted by molar-refractivity contribution is 0.0647. The van der Waals surface area contributed by atoms with Crippen LogP contribution in [0.5, 0.6) is 0 Å². The first-order valence-corrected chi connectivity index (χ1v) is 13.8. The second-order valence-corrected chi connectivity index (χ2v) is 19.0. The molecule has 0 saturated heterocycles. The van der Waals surface area contributed by atoms with Gasteiger partial charge in [0.15, 0.2) is 0 Å². The summed E-state index contributed by atoms with van der Waals surface area (Å²) in [7, 11) is -3.20. The van der Waals surface area contributed by atoms with Crippen LogP contribution in [0.4, 0.5) is 0 Å². The Kier molecular flexibility index (Phi) is 4.24. The summed E-state index contributed by atoms with van der Waals surface area (Å²) >= 11 is 0. The van der Waals surface area contributed by atoms with Gasteiger partial charge in [-0.05, 0) is 31.1 Å². The highest BCUT2D eigenvalue weighted by molar-refractivity contribution is 6.78. The molecule has 0 aromatic carbocycles. The molecule has 0 unspecified atom stereocenters. The van der Waals surface area contributed by atoms with E-state index < -0.39 is 22.0 Å². The van der Waals surface area contributed by atoms with E-state index in [0.29, 0.717) is 12.0 Å². The van der Waals surface area contributed by atoms with E-state index >= 15 is 0 Å². The molecule has 1 aliphatic carbocycles. The van der Waals surface area contributed by atoms with Crippen LogP contribution in [0.3, 0.4) is 0 Å². The summed E-state index contributed by atoms with van der Waals surface area (Å²) in [5.74, 6) is 1.03. The van der Waals surface area contributed by atoms with E-state index in [2.05, 4.69) is 59.6 Å². The van der Waals surface area contributed by atoms with Gasteiger partial charge < -0.3 is 9.53 Å². The molecule has 0 aromatic rings. The molecule has 0 spiro atoms. The highest BCUT2D eigenvalue weighted by Gasteiger charge is 2.47. The minimum Gasteiger partial charge on any atom is -0.547 e. The van der Waals surface area contributed by atoms with Crippen LogP contribution >= 0.6 is 0 Å². The lowest BCUT2D eigenvalue weighted by atomic mass is 10.0. The maximum absolute atomic E-state index is 10.7. The number of hydrogen-bond acceptors (Lipinski definition) is 2. The molecular formula is C15H32O2Si2. The van der Waals surface area contributed by atoms with E-state index in [0.717, 1.165) is 5.76 Å². The topological polar surface area (TPSA) is 29.5 Å². The maximum Gasteiger partial charge on any atom is 0.250 e. The number of rotatable bonds is 3. The summed E-state index contributed by atoms with van der Waals surface area (Å²) in [5, 5.41) is 10.9. The Morgan fingerprint density at radius 3 is 2.00 bits per heavy atom. The molecule has 112 valence electrons. The van der Waals surface area contributed by atoms with Crippen molar-refractivity contribution >= 4 is 16.4 Å². The average Bonchev–Trinajstić information content (AvgIpc) is 2.36. The largest absolute Gasteiger partial charge is 0.547 e. The Hall–Kier alpha value is -0.0662. The molecule has 2 atom stereocenters. The lowest BCUT2D eigenvalue weighted by Crippen LogP contribution is -2.41. The fourth-order valence-electron chi connectivity index (χ4n) is 2.62. The van der Waals surface area contributed by atoms with Crippen LogP contribution in [0, 0.1) is 0 Å². The van der Waals surface area contributed by atoms with Crippen LogP contribution in [0.25, 0.3) is 0 Å². The highest BCUT2D eigenvalue weighted by atomic mass is 28.4. The second-order valence-electron chi connectivity index (χ2n) is 8.87. The average molecular weight is 301 g/mol. The first-order valence-electron chi connectivity index (χ1n) is 7.29. The van der Waals surface area contributed by atoms with Crippen molar-refractivity contribution in [3.8, 4) is 0 Å². The third-order valence-corrected chi connectivity index (χ3v) is 11.7. The summed E-state index contributed by atoms with van der Waals surface area (Å²) in [6.07, 6.45) is 2.90. The van der Waals surface area contributed by atoms with Crippen molar-refractivity contribution in [2.45, 2.75) is 83.0 Å². The summed E-state index contributed by atoms with van der Waals surface area (Å²) in [6, 6.07) is 0. The van der Waals surface area contributed by atoms with E-state index in [4.69, 9.17) is 4.43 Å². The molecule has 1 rings (SSSR count). The number of aliphatic hydroxyl groups is 1. The van der Waals surface area contributed by atoms with Crippen LogP contribution in [-0.2, 0) is 4.43 Å². The Labute approximate surface area is 121 Å². The molecule has 0 heterocycles. The third kappa shape index (κ3) is 3.73. The van der Waals surface area contributed by atoms with Gasteiger partial charge in [-0.2, -0.15) is 0 Å². The van der Waals surface area contributed by atoms with Gasteiger partial charge in [-0.25, -0.2) is 0 Å². The second kappa shape index (κ2) is 4.74. The van der Waals surface area contributed by atoms with Crippen LogP contribution in [0.1, 0.15) is 34.1 Å². The van der Waals surface area contributed by atoms with Crippen LogP contribution < -0.4 is 0 Å². The lowest BCUT2D eigenvalue weighted by Gasteiger charge is -2.37. The minimum absolute atomic E-state index is 0.205. The van der Waals surface area contributed by atoms with Gasteiger partial charge in [-0.15, -0.1) is 0 Å². The predicted molar refractivity (Wildman–Crippen MR) is 88.7 cm³/mol. The van der Waals surface area contributed by atoms with Gasteiger partial charge in [0, 0.05) is 12.0 Å². The molecular weight excluding hydrogens is 268 g/mol. The molecule has 1 aliphatic rings. The Balaban J connectivity index is 2.95. The fourth-order valence-corrected chi connectivity index (χ4v) is 6.38. The summed E-state index contributed by atoms with van der Waals surface area (Å²) < 4.78 is 6.39. The molecule has 0 bridgehead atoms. The Morgan fingerprint density at radius 1 is 1.21 bits per heavy atom. The van der Waals surface area contributed by atoms with Gasteiger partial charge in [-0.3, -0.25) is 0 Å². The van der Waals surface area contributed by atoms with E-state index in [1.54, 1.807) is 0 Å². The first kappa shape index (κ1) is 17.0.